The van der Waals surface area contributed by atoms with Crippen LogP contribution in [0.3, 0.4) is 0 Å². The van der Waals surface area contributed by atoms with Crippen LogP contribution in [0.5, 0.6) is 0 Å². The lowest BCUT2D eigenvalue weighted by Crippen LogP contribution is -2.45. The quantitative estimate of drug-likeness (QED) is 0.739. The molecule has 0 aliphatic rings. The van der Waals surface area contributed by atoms with Crippen LogP contribution in [-0.2, 0) is 9.84 Å². The summed E-state index contributed by atoms with van der Waals surface area (Å²) < 4.78 is 25.1. The van der Waals surface area contributed by atoms with E-state index in [-0.39, 0.29) is 4.90 Å². The lowest BCUT2D eigenvalue weighted by Gasteiger charge is -2.33. The highest BCUT2D eigenvalue weighted by Crippen LogP contribution is 2.28. The van der Waals surface area contributed by atoms with E-state index in [0.29, 0.717) is 16.9 Å². The van der Waals surface area contributed by atoms with E-state index in [2.05, 4.69) is 5.10 Å². The molecular formula is C19H21N3O4S. The van der Waals surface area contributed by atoms with Gasteiger partial charge in [0.2, 0.25) is 0 Å². The second-order valence-corrected chi connectivity index (χ2v) is 9.39. The summed E-state index contributed by atoms with van der Waals surface area (Å²) in [5.41, 5.74) is 1.15. The molecule has 0 aliphatic carbocycles. The number of carbonyl (C=O) groups is 1. The number of benzene rings is 2. The molecule has 0 fully saturated rings. The van der Waals surface area contributed by atoms with Gasteiger partial charge in [-0.3, -0.25) is 4.90 Å². The maximum atomic E-state index is 11.8. The van der Waals surface area contributed by atoms with Crippen molar-refractivity contribution in [3.05, 3.63) is 48.7 Å². The highest BCUT2D eigenvalue weighted by atomic mass is 32.2. The van der Waals surface area contributed by atoms with Gasteiger partial charge in [-0.25, -0.2) is 17.9 Å². The predicted octanol–water partition coefficient (Wildman–Crippen LogP) is 3.71. The SMILES string of the molecule is CC(C)(C)N(C(=O)O)c1ccc2cn(-c3cccc(S(C)(=O)=O)c3)nc2c1. The molecule has 0 unspecified atom stereocenters. The molecule has 0 saturated heterocycles. The van der Waals surface area contributed by atoms with Gasteiger partial charge < -0.3 is 5.11 Å². The lowest BCUT2D eigenvalue weighted by molar-refractivity contribution is 0.195. The Hall–Kier alpha value is -2.87. The number of anilines is 1. The van der Waals surface area contributed by atoms with E-state index < -0.39 is 21.5 Å². The van der Waals surface area contributed by atoms with Gasteiger partial charge in [-0.05, 0) is 57.2 Å². The molecule has 3 aromatic rings. The van der Waals surface area contributed by atoms with Crippen LogP contribution < -0.4 is 4.90 Å². The lowest BCUT2D eigenvalue weighted by atomic mass is 10.1. The molecule has 27 heavy (non-hydrogen) atoms. The number of nitrogens with zero attached hydrogens (tertiary/aromatic N) is 3. The minimum atomic E-state index is -3.32. The second-order valence-electron chi connectivity index (χ2n) is 7.38. The van der Waals surface area contributed by atoms with Crippen LogP contribution >= 0.6 is 0 Å². The van der Waals surface area contributed by atoms with Crippen molar-refractivity contribution in [1.29, 1.82) is 0 Å². The van der Waals surface area contributed by atoms with Crippen molar-refractivity contribution in [2.45, 2.75) is 31.2 Å². The minimum absolute atomic E-state index is 0.213. The summed E-state index contributed by atoms with van der Waals surface area (Å²) in [7, 11) is -3.32. The Bertz CT molecular complexity index is 1130. The third-order valence-electron chi connectivity index (χ3n) is 4.12. The van der Waals surface area contributed by atoms with Crippen molar-refractivity contribution in [3.8, 4) is 5.69 Å². The number of hydrogen-bond acceptors (Lipinski definition) is 4. The summed E-state index contributed by atoms with van der Waals surface area (Å²) in [6, 6.07) is 11.8. The molecule has 3 rings (SSSR count). The Morgan fingerprint density at radius 3 is 2.44 bits per heavy atom. The van der Waals surface area contributed by atoms with E-state index in [1.54, 1.807) is 47.3 Å². The number of hydrogen-bond donors (Lipinski definition) is 1. The molecular weight excluding hydrogens is 366 g/mol. The predicted molar refractivity (Wildman–Crippen MR) is 104 cm³/mol. The molecule has 0 saturated carbocycles. The number of aromatic nitrogens is 2. The molecule has 7 nitrogen and oxygen atoms in total. The van der Waals surface area contributed by atoms with E-state index in [0.717, 1.165) is 11.6 Å². The highest BCUT2D eigenvalue weighted by molar-refractivity contribution is 7.90. The summed E-state index contributed by atoms with van der Waals surface area (Å²) in [4.78, 5) is 13.2. The van der Waals surface area contributed by atoms with Crippen LogP contribution in [0.1, 0.15) is 20.8 Å². The average molecular weight is 387 g/mol. The molecule has 0 atom stereocenters. The van der Waals surface area contributed by atoms with Crippen LogP contribution in [0.2, 0.25) is 0 Å². The fourth-order valence-corrected chi connectivity index (χ4v) is 3.58. The number of sulfone groups is 1. The third kappa shape index (κ3) is 3.80. The normalized spacial score (nSPS) is 12.3. The van der Waals surface area contributed by atoms with Gasteiger partial charge in [0.05, 0.1) is 16.1 Å². The molecule has 0 bridgehead atoms. The van der Waals surface area contributed by atoms with Crippen molar-refractivity contribution in [2.24, 2.45) is 0 Å². The monoisotopic (exact) mass is 387 g/mol. The zero-order chi connectivity index (χ0) is 20.0. The van der Waals surface area contributed by atoms with E-state index in [9.17, 15) is 18.3 Å². The van der Waals surface area contributed by atoms with Gasteiger partial charge in [-0.2, -0.15) is 5.10 Å². The van der Waals surface area contributed by atoms with Gasteiger partial charge in [0.25, 0.3) is 0 Å². The van der Waals surface area contributed by atoms with E-state index in [1.807, 2.05) is 20.8 Å². The van der Waals surface area contributed by atoms with E-state index >= 15 is 0 Å². The summed E-state index contributed by atoms with van der Waals surface area (Å²) in [5.74, 6) is 0. The zero-order valence-electron chi connectivity index (χ0n) is 15.5. The first kappa shape index (κ1) is 18.9. The van der Waals surface area contributed by atoms with Crippen molar-refractivity contribution in [1.82, 2.24) is 9.78 Å². The Balaban J connectivity index is 2.08. The van der Waals surface area contributed by atoms with E-state index in [1.165, 1.54) is 11.0 Å². The molecule has 2 aromatic carbocycles. The summed E-state index contributed by atoms with van der Waals surface area (Å²) >= 11 is 0. The van der Waals surface area contributed by atoms with Crippen molar-refractivity contribution >= 4 is 32.5 Å². The van der Waals surface area contributed by atoms with Crippen LogP contribution in [-0.4, -0.2) is 41.2 Å². The molecule has 1 aromatic heterocycles. The largest absolute Gasteiger partial charge is 0.465 e. The van der Waals surface area contributed by atoms with Crippen molar-refractivity contribution in [2.75, 3.05) is 11.2 Å². The van der Waals surface area contributed by atoms with Crippen molar-refractivity contribution < 1.29 is 18.3 Å². The third-order valence-corrected chi connectivity index (χ3v) is 5.23. The van der Waals surface area contributed by atoms with Crippen molar-refractivity contribution in [3.63, 3.8) is 0 Å². The van der Waals surface area contributed by atoms with Gasteiger partial charge in [0.15, 0.2) is 9.84 Å². The topological polar surface area (TPSA) is 92.5 Å². The van der Waals surface area contributed by atoms with Crippen LogP contribution in [0.15, 0.2) is 53.6 Å². The fraction of sp³-hybridized carbons (Fsp3) is 0.263. The van der Waals surface area contributed by atoms with Crippen LogP contribution in [0.25, 0.3) is 16.6 Å². The summed E-state index contributed by atoms with van der Waals surface area (Å²) in [6.45, 7) is 5.46. The van der Waals surface area contributed by atoms with Gasteiger partial charge in [-0.1, -0.05) is 6.07 Å². The standard InChI is InChI=1S/C19H21N3O4S/c1-19(2,3)22(18(23)24)15-9-8-13-12-21(20-17(13)11-15)14-6-5-7-16(10-14)27(4,25)26/h5-12H,1-4H3,(H,23,24). The molecule has 0 aliphatic heterocycles. The first-order valence-electron chi connectivity index (χ1n) is 8.30. The Morgan fingerprint density at radius 2 is 1.85 bits per heavy atom. The first-order valence-corrected chi connectivity index (χ1v) is 10.2. The number of rotatable bonds is 3. The summed E-state index contributed by atoms with van der Waals surface area (Å²) in [6.07, 6.45) is 1.90. The molecule has 142 valence electrons. The Labute approximate surface area is 157 Å². The van der Waals surface area contributed by atoms with Crippen LogP contribution in [0, 0.1) is 0 Å². The molecule has 0 radical (unpaired) electrons. The number of amides is 1. The maximum absolute atomic E-state index is 11.8. The summed E-state index contributed by atoms with van der Waals surface area (Å²) in [5, 5.41) is 14.9. The average Bonchev–Trinajstić information content (AvgIpc) is 2.96. The molecule has 1 N–H and O–H groups in total. The Kier molecular flexibility index (Phi) is 4.47. The van der Waals surface area contributed by atoms with Gasteiger partial charge >= 0.3 is 6.09 Å². The molecule has 8 heteroatoms. The number of carboxylic acid groups (broad SMARTS) is 1. The zero-order valence-corrected chi connectivity index (χ0v) is 16.4. The second kappa shape index (κ2) is 6.38. The van der Waals surface area contributed by atoms with Gasteiger partial charge in [0.1, 0.15) is 0 Å². The molecule has 1 amide bonds. The van der Waals surface area contributed by atoms with Gasteiger partial charge in [0, 0.05) is 29.1 Å². The molecule has 1 heterocycles. The Morgan fingerprint density at radius 1 is 1.15 bits per heavy atom. The highest BCUT2D eigenvalue weighted by Gasteiger charge is 2.28. The van der Waals surface area contributed by atoms with E-state index in [4.69, 9.17) is 0 Å². The molecule has 0 spiro atoms. The fourth-order valence-electron chi connectivity index (χ4n) is 2.92. The smallest absolute Gasteiger partial charge is 0.412 e. The minimum Gasteiger partial charge on any atom is -0.465 e. The maximum Gasteiger partial charge on any atom is 0.412 e. The van der Waals surface area contributed by atoms with Gasteiger partial charge in [-0.15, -0.1) is 0 Å². The van der Waals surface area contributed by atoms with Crippen LogP contribution in [0.4, 0.5) is 10.5 Å². The first-order chi connectivity index (χ1) is 12.5. The number of fused-ring (bicyclic) bond motifs is 1.